The van der Waals surface area contributed by atoms with Gasteiger partial charge in [0.05, 0.1) is 17.9 Å². The van der Waals surface area contributed by atoms with Gasteiger partial charge >= 0.3 is 0 Å². The van der Waals surface area contributed by atoms with Crippen LogP contribution in [0.2, 0.25) is 0 Å². The highest BCUT2D eigenvalue weighted by Crippen LogP contribution is 2.22. The summed E-state index contributed by atoms with van der Waals surface area (Å²) in [7, 11) is 0. The van der Waals surface area contributed by atoms with Crippen LogP contribution in [0.15, 0.2) is 64.8 Å². The van der Waals surface area contributed by atoms with Crippen LogP contribution in [0.25, 0.3) is 4.85 Å². The van der Waals surface area contributed by atoms with Crippen molar-refractivity contribution in [2.75, 3.05) is 0 Å². The molecule has 3 nitrogen and oxygen atoms in total. The fourth-order valence-electron chi connectivity index (χ4n) is 1.23. The van der Waals surface area contributed by atoms with Crippen LogP contribution in [0, 0.1) is 6.57 Å². The Kier molecular flexibility index (Phi) is 3.05. The lowest BCUT2D eigenvalue weighted by Crippen LogP contribution is -1.64. The monoisotopic (exact) mass is 207 g/mol. The molecule has 3 heteroatoms. The van der Waals surface area contributed by atoms with E-state index in [1.807, 2.05) is 36.4 Å². The van der Waals surface area contributed by atoms with Crippen molar-refractivity contribution in [3.05, 3.63) is 66.0 Å². The predicted molar refractivity (Wildman–Crippen MR) is 63.3 cm³/mol. The van der Waals surface area contributed by atoms with E-state index in [-0.39, 0.29) is 0 Å². The van der Waals surface area contributed by atoms with Gasteiger partial charge in [0.1, 0.15) is 0 Å². The van der Waals surface area contributed by atoms with E-state index in [4.69, 9.17) is 6.57 Å². The first-order valence-corrected chi connectivity index (χ1v) is 4.83. The first-order chi connectivity index (χ1) is 7.88. The molecule has 0 atom stereocenters. The molecule has 0 saturated carbocycles. The summed E-state index contributed by atoms with van der Waals surface area (Å²) >= 11 is 0. The molecule has 0 aromatic heterocycles. The molecule has 0 amide bonds. The lowest BCUT2D eigenvalue weighted by Gasteiger charge is -1.93. The van der Waals surface area contributed by atoms with Crippen molar-refractivity contribution in [1.82, 2.24) is 0 Å². The third-order valence-corrected chi connectivity index (χ3v) is 2.00. The molecule has 0 aliphatic heterocycles. The zero-order chi connectivity index (χ0) is 11.2. The molecule has 2 aromatic rings. The molecular formula is C13H9N3. The van der Waals surface area contributed by atoms with Crippen LogP contribution >= 0.6 is 0 Å². The molecule has 16 heavy (non-hydrogen) atoms. The van der Waals surface area contributed by atoms with Gasteiger partial charge in [-0.15, -0.1) is 0 Å². The quantitative estimate of drug-likeness (QED) is 0.506. The highest BCUT2D eigenvalue weighted by Gasteiger charge is 1.92. The van der Waals surface area contributed by atoms with Gasteiger partial charge in [0.25, 0.3) is 0 Å². The minimum atomic E-state index is 0.574. The highest BCUT2D eigenvalue weighted by atomic mass is 15.1. The van der Waals surface area contributed by atoms with E-state index in [0.29, 0.717) is 11.4 Å². The molecular weight excluding hydrogens is 198 g/mol. The normalized spacial score (nSPS) is 10.2. The van der Waals surface area contributed by atoms with Gasteiger partial charge in [0.2, 0.25) is 0 Å². The molecule has 0 aliphatic carbocycles. The van der Waals surface area contributed by atoms with Crippen molar-refractivity contribution in [3.8, 4) is 0 Å². The Balaban J connectivity index is 2.21. The molecule has 0 unspecified atom stereocenters. The second-order valence-corrected chi connectivity index (χ2v) is 3.17. The molecule has 0 heterocycles. The zero-order valence-corrected chi connectivity index (χ0v) is 8.54. The lowest BCUT2D eigenvalue weighted by molar-refractivity contribution is 1.23. The summed E-state index contributed by atoms with van der Waals surface area (Å²) in [5, 5.41) is 8.14. The molecule has 0 aliphatic rings. The Morgan fingerprint density at radius 2 is 1.50 bits per heavy atom. The summed E-state index contributed by atoms with van der Waals surface area (Å²) in [5.74, 6) is 0. The number of azo groups is 1. The minimum absolute atomic E-state index is 0.574. The van der Waals surface area contributed by atoms with Crippen LogP contribution in [0.5, 0.6) is 0 Å². The van der Waals surface area contributed by atoms with Gasteiger partial charge in [0, 0.05) is 0 Å². The van der Waals surface area contributed by atoms with Crippen molar-refractivity contribution in [1.29, 1.82) is 0 Å². The van der Waals surface area contributed by atoms with Crippen LogP contribution in [-0.2, 0) is 0 Å². The maximum absolute atomic E-state index is 6.89. The lowest BCUT2D eigenvalue weighted by atomic mass is 10.3. The second-order valence-electron chi connectivity index (χ2n) is 3.17. The summed E-state index contributed by atoms with van der Waals surface area (Å²) in [4.78, 5) is 3.33. The molecule has 2 rings (SSSR count). The maximum atomic E-state index is 6.89. The SMILES string of the molecule is [C-]#[N+]c1cccc(N=Nc2ccccc2)c1. The Morgan fingerprint density at radius 1 is 0.812 bits per heavy atom. The van der Waals surface area contributed by atoms with E-state index >= 15 is 0 Å². The van der Waals surface area contributed by atoms with Crippen LogP contribution in [-0.4, -0.2) is 0 Å². The third kappa shape index (κ3) is 2.52. The summed E-state index contributed by atoms with van der Waals surface area (Å²) in [5.41, 5.74) is 2.07. The largest absolute Gasteiger partial charge is 0.238 e. The first kappa shape index (κ1) is 10.1. The smallest absolute Gasteiger partial charge is 0.189 e. The predicted octanol–water partition coefficient (Wildman–Crippen LogP) is 4.65. The summed E-state index contributed by atoms with van der Waals surface area (Å²) in [6.45, 7) is 6.89. The second kappa shape index (κ2) is 4.85. The maximum Gasteiger partial charge on any atom is 0.189 e. The van der Waals surface area contributed by atoms with E-state index in [1.165, 1.54) is 0 Å². The minimum Gasteiger partial charge on any atom is -0.238 e. The van der Waals surface area contributed by atoms with Crippen LogP contribution < -0.4 is 0 Å². The van der Waals surface area contributed by atoms with Crippen molar-refractivity contribution in [2.45, 2.75) is 0 Å². The number of hydrogen-bond acceptors (Lipinski definition) is 2. The molecule has 0 fully saturated rings. The van der Waals surface area contributed by atoms with Crippen molar-refractivity contribution < 1.29 is 0 Å². The van der Waals surface area contributed by atoms with Crippen LogP contribution in [0.3, 0.4) is 0 Å². The van der Waals surface area contributed by atoms with E-state index in [9.17, 15) is 0 Å². The van der Waals surface area contributed by atoms with Gasteiger partial charge < -0.3 is 0 Å². The highest BCUT2D eigenvalue weighted by molar-refractivity contribution is 5.54. The van der Waals surface area contributed by atoms with Crippen molar-refractivity contribution in [2.24, 2.45) is 10.2 Å². The van der Waals surface area contributed by atoms with Crippen LogP contribution in [0.1, 0.15) is 0 Å². The summed E-state index contributed by atoms with van der Waals surface area (Å²) in [6, 6.07) is 16.6. The fourth-order valence-corrected chi connectivity index (χ4v) is 1.23. The van der Waals surface area contributed by atoms with Gasteiger partial charge in [-0.3, -0.25) is 0 Å². The molecule has 0 bridgehead atoms. The average Bonchev–Trinajstić information content (AvgIpc) is 2.38. The number of rotatable bonds is 2. The van der Waals surface area contributed by atoms with E-state index in [1.54, 1.807) is 18.2 Å². The summed E-state index contributed by atoms with van der Waals surface area (Å²) in [6.07, 6.45) is 0. The molecule has 2 aromatic carbocycles. The zero-order valence-electron chi connectivity index (χ0n) is 8.54. The molecule has 0 radical (unpaired) electrons. The first-order valence-electron chi connectivity index (χ1n) is 4.83. The molecule has 0 N–H and O–H groups in total. The van der Waals surface area contributed by atoms with Gasteiger partial charge in [-0.25, -0.2) is 4.85 Å². The Bertz CT molecular complexity index is 539. The number of hydrogen-bond donors (Lipinski definition) is 0. The van der Waals surface area contributed by atoms with E-state index < -0.39 is 0 Å². The van der Waals surface area contributed by atoms with Crippen molar-refractivity contribution >= 4 is 17.1 Å². The Morgan fingerprint density at radius 3 is 2.25 bits per heavy atom. The molecule has 0 spiro atoms. The van der Waals surface area contributed by atoms with E-state index in [2.05, 4.69) is 15.1 Å². The Hall–Kier alpha value is -2.47. The standard InChI is InChI=1S/C13H9N3/c1-14-12-8-5-9-13(10-12)16-15-11-6-3-2-4-7-11/h2-10H. The number of nitrogens with zero attached hydrogens (tertiary/aromatic N) is 3. The van der Waals surface area contributed by atoms with Gasteiger partial charge in [-0.2, -0.15) is 10.2 Å². The van der Waals surface area contributed by atoms with Crippen molar-refractivity contribution in [3.63, 3.8) is 0 Å². The average molecular weight is 207 g/mol. The third-order valence-electron chi connectivity index (χ3n) is 2.00. The van der Waals surface area contributed by atoms with Gasteiger partial charge in [-0.1, -0.05) is 30.3 Å². The molecule has 0 saturated heterocycles. The van der Waals surface area contributed by atoms with Gasteiger partial charge in [-0.05, 0) is 24.3 Å². The van der Waals surface area contributed by atoms with Gasteiger partial charge in [0.15, 0.2) is 5.69 Å². The number of benzene rings is 2. The van der Waals surface area contributed by atoms with E-state index in [0.717, 1.165) is 5.69 Å². The van der Waals surface area contributed by atoms with Crippen LogP contribution in [0.4, 0.5) is 17.1 Å². The molecule has 76 valence electrons. The topological polar surface area (TPSA) is 29.1 Å². The summed E-state index contributed by atoms with van der Waals surface area (Å²) < 4.78 is 0. The fraction of sp³-hybridized carbons (Fsp3) is 0. The Labute approximate surface area is 93.9 Å².